The van der Waals surface area contributed by atoms with Gasteiger partial charge in [0, 0.05) is 12.7 Å². The second kappa shape index (κ2) is 8.39. The molecular weight excluding hydrogens is 467 g/mol. The van der Waals surface area contributed by atoms with Crippen LogP contribution in [0.5, 0.6) is 0 Å². The van der Waals surface area contributed by atoms with E-state index in [1.54, 1.807) is 6.20 Å². The number of hydrogen-bond acceptors (Lipinski definition) is 5. The SMILES string of the molecule is O=c1c(I)c(NCc2ccccc2)c2cncnc2n1OCc1ccccc1. The van der Waals surface area contributed by atoms with Crippen molar-refractivity contribution in [1.82, 2.24) is 14.7 Å². The smallest absolute Gasteiger partial charge is 0.300 e. The monoisotopic (exact) mass is 484 g/mol. The molecule has 0 fully saturated rings. The van der Waals surface area contributed by atoms with Gasteiger partial charge in [-0.15, -0.1) is 4.73 Å². The third kappa shape index (κ3) is 3.84. The summed E-state index contributed by atoms with van der Waals surface area (Å²) in [5, 5.41) is 4.09. The quantitative estimate of drug-likeness (QED) is 0.424. The molecule has 0 aliphatic carbocycles. The molecule has 0 unspecified atom stereocenters. The highest BCUT2D eigenvalue weighted by Crippen LogP contribution is 2.25. The standard InChI is InChI=1S/C21H17IN4O2/c22-18-19(24-11-15-7-3-1-4-8-15)17-12-23-14-25-20(17)26(21(18)27)28-13-16-9-5-2-6-10-16/h1-10,12,14,24H,11,13H2. The molecule has 0 atom stereocenters. The maximum absolute atomic E-state index is 13.0. The summed E-state index contributed by atoms with van der Waals surface area (Å²) in [5.74, 6) is 0. The van der Waals surface area contributed by atoms with Crippen LogP contribution in [0.3, 0.4) is 0 Å². The van der Waals surface area contributed by atoms with Crippen LogP contribution < -0.4 is 15.7 Å². The summed E-state index contributed by atoms with van der Waals surface area (Å²) in [6.45, 7) is 0.863. The van der Waals surface area contributed by atoms with E-state index in [2.05, 4.69) is 15.3 Å². The van der Waals surface area contributed by atoms with Gasteiger partial charge in [-0.2, -0.15) is 0 Å². The molecule has 0 aliphatic rings. The Morgan fingerprint density at radius 2 is 1.68 bits per heavy atom. The van der Waals surface area contributed by atoms with Crippen molar-refractivity contribution in [3.8, 4) is 0 Å². The van der Waals surface area contributed by atoms with E-state index in [4.69, 9.17) is 4.84 Å². The minimum atomic E-state index is -0.252. The molecule has 28 heavy (non-hydrogen) atoms. The lowest BCUT2D eigenvalue weighted by molar-refractivity contribution is 0.0974. The topological polar surface area (TPSA) is 69.0 Å². The van der Waals surface area contributed by atoms with E-state index >= 15 is 0 Å². The fourth-order valence-corrected chi connectivity index (χ4v) is 3.56. The molecule has 140 valence electrons. The summed E-state index contributed by atoms with van der Waals surface area (Å²) in [5.41, 5.74) is 2.99. The van der Waals surface area contributed by atoms with Crippen molar-refractivity contribution >= 4 is 39.3 Å². The highest BCUT2D eigenvalue weighted by molar-refractivity contribution is 14.1. The first-order valence-corrected chi connectivity index (χ1v) is 9.81. The molecule has 4 aromatic rings. The molecule has 0 aliphatic heterocycles. The van der Waals surface area contributed by atoms with Crippen LogP contribution in [0.15, 0.2) is 78.0 Å². The number of anilines is 1. The maximum atomic E-state index is 13.0. The number of pyridine rings is 1. The Bertz CT molecular complexity index is 1150. The number of aromatic nitrogens is 3. The van der Waals surface area contributed by atoms with Crippen LogP contribution in [0, 0.1) is 3.57 Å². The summed E-state index contributed by atoms with van der Waals surface area (Å²) in [7, 11) is 0. The number of nitrogens with one attached hydrogen (secondary N) is 1. The molecule has 0 spiro atoms. The molecule has 0 saturated carbocycles. The van der Waals surface area contributed by atoms with E-state index < -0.39 is 0 Å². The molecule has 0 saturated heterocycles. The molecular formula is C21H17IN4O2. The lowest BCUT2D eigenvalue weighted by Gasteiger charge is -2.16. The van der Waals surface area contributed by atoms with Gasteiger partial charge < -0.3 is 10.2 Å². The highest BCUT2D eigenvalue weighted by atomic mass is 127. The molecule has 4 rings (SSSR count). The zero-order valence-corrected chi connectivity index (χ0v) is 17.0. The van der Waals surface area contributed by atoms with Crippen LogP contribution in [0.25, 0.3) is 11.0 Å². The summed E-state index contributed by atoms with van der Waals surface area (Å²) < 4.78 is 1.78. The van der Waals surface area contributed by atoms with Gasteiger partial charge in [-0.05, 0) is 33.7 Å². The van der Waals surface area contributed by atoms with Crippen molar-refractivity contribution in [1.29, 1.82) is 0 Å². The number of halogens is 1. The molecule has 2 aromatic carbocycles. The third-order valence-electron chi connectivity index (χ3n) is 4.26. The maximum Gasteiger partial charge on any atom is 0.300 e. The van der Waals surface area contributed by atoms with Crippen molar-refractivity contribution < 1.29 is 4.84 Å². The number of rotatable bonds is 6. The van der Waals surface area contributed by atoms with E-state index in [1.165, 1.54) is 11.1 Å². The number of hydrogen-bond donors (Lipinski definition) is 1. The summed E-state index contributed by atoms with van der Waals surface area (Å²) in [4.78, 5) is 27.2. The third-order valence-corrected chi connectivity index (χ3v) is 5.26. The minimum Gasteiger partial charge on any atom is -0.404 e. The van der Waals surface area contributed by atoms with Crippen LogP contribution >= 0.6 is 22.6 Å². The van der Waals surface area contributed by atoms with Gasteiger partial charge in [-0.1, -0.05) is 60.7 Å². The zero-order valence-electron chi connectivity index (χ0n) is 14.9. The molecule has 6 nitrogen and oxygen atoms in total. The Morgan fingerprint density at radius 3 is 2.39 bits per heavy atom. The first-order valence-electron chi connectivity index (χ1n) is 8.73. The fourth-order valence-electron chi connectivity index (χ4n) is 2.86. The van der Waals surface area contributed by atoms with E-state index in [-0.39, 0.29) is 12.2 Å². The predicted molar refractivity (Wildman–Crippen MR) is 117 cm³/mol. The van der Waals surface area contributed by atoms with E-state index in [1.807, 2.05) is 83.3 Å². The van der Waals surface area contributed by atoms with Crippen LogP contribution in [0.2, 0.25) is 0 Å². The van der Waals surface area contributed by atoms with Gasteiger partial charge in [-0.3, -0.25) is 4.79 Å². The molecule has 2 heterocycles. The Kier molecular flexibility index (Phi) is 5.52. The zero-order chi connectivity index (χ0) is 19.3. The van der Waals surface area contributed by atoms with Gasteiger partial charge in [0.25, 0.3) is 0 Å². The Hall–Kier alpha value is -2.94. The second-order valence-electron chi connectivity index (χ2n) is 6.15. The van der Waals surface area contributed by atoms with Crippen LogP contribution in [-0.2, 0) is 13.2 Å². The molecule has 0 amide bonds. The van der Waals surface area contributed by atoms with Gasteiger partial charge in [0.1, 0.15) is 16.5 Å². The van der Waals surface area contributed by atoms with Gasteiger partial charge in [0.2, 0.25) is 0 Å². The van der Waals surface area contributed by atoms with E-state index in [0.717, 1.165) is 16.5 Å². The average molecular weight is 484 g/mol. The van der Waals surface area contributed by atoms with Gasteiger partial charge >= 0.3 is 5.56 Å². The van der Waals surface area contributed by atoms with E-state index in [0.29, 0.717) is 21.4 Å². The van der Waals surface area contributed by atoms with E-state index in [9.17, 15) is 4.79 Å². The van der Waals surface area contributed by atoms with Crippen LogP contribution in [0.4, 0.5) is 5.69 Å². The normalized spacial score (nSPS) is 10.8. The summed E-state index contributed by atoms with van der Waals surface area (Å²) >= 11 is 2.04. The van der Waals surface area contributed by atoms with Crippen molar-refractivity contribution in [2.45, 2.75) is 13.2 Å². The Morgan fingerprint density at radius 1 is 1.00 bits per heavy atom. The Balaban J connectivity index is 1.70. The lowest BCUT2D eigenvalue weighted by atomic mass is 10.2. The predicted octanol–water partition coefficient (Wildman–Crippen LogP) is 3.64. The van der Waals surface area contributed by atoms with Crippen molar-refractivity contribution in [3.05, 3.63) is 98.2 Å². The fraction of sp³-hybridized carbons (Fsp3) is 0.0952. The number of benzene rings is 2. The van der Waals surface area contributed by atoms with Crippen molar-refractivity contribution in [2.75, 3.05) is 5.32 Å². The first-order chi connectivity index (χ1) is 13.7. The van der Waals surface area contributed by atoms with Gasteiger partial charge in [0.15, 0.2) is 5.65 Å². The second-order valence-corrected chi connectivity index (χ2v) is 7.23. The number of nitrogens with zero attached hydrogens (tertiary/aromatic N) is 3. The first kappa shape index (κ1) is 18.4. The summed E-state index contributed by atoms with van der Waals surface area (Å²) in [6, 6.07) is 19.7. The lowest BCUT2D eigenvalue weighted by Crippen LogP contribution is -2.30. The summed E-state index contributed by atoms with van der Waals surface area (Å²) in [6.07, 6.45) is 3.11. The average Bonchev–Trinajstić information content (AvgIpc) is 2.75. The minimum absolute atomic E-state index is 0.252. The highest BCUT2D eigenvalue weighted by Gasteiger charge is 2.17. The van der Waals surface area contributed by atoms with Gasteiger partial charge in [-0.25, -0.2) is 9.97 Å². The van der Waals surface area contributed by atoms with Crippen LogP contribution in [-0.4, -0.2) is 14.7 Å². The van der Waals surface area contributed by atoms with Crippen molar-refractivity contribution in [3.63, 3.8) is 0 Å². The van der Waals surface area contributed by atoms with Crippen LogP contribution in [0.1, 0.15) is 11.1 Å². The largest absolute Gasteiger partial charge is 0.404 e. The molecule has 2 aromatic heterocycles. The molecule has 1 N–H and O–H groups in total. The number of fused-ring (bicyclic) bond motifs is 1. The van der Waals surface area contributed by atoms with Crippen molar-refractivity contribution in [2.24, 2.45) is 0 Å². The van der Waals surface area contributed by atoms with Gasteiger partial charge in [0.05, 0.1) is 11.1 Å². The molecule has 0 bridgehead atoms. The molecule has 7 heteroatoms. The Labute approximate surface area is 175 Å². The molecule has 0 radical (unpaired) electrons.